The zero-order chi connectivity index (χ0) is 22.9. The topological polar surface area (TPSA) is 0 Å². The zero-order valence-corrected chi connectivity index (χ0v) is 22.3. The number of fused-ring (bicyclic) bond motifs is 2. The van der Waals surface area contributed by atoms with Crippen LogP contribution >= 0.6 is 0 Å². The molecule has 0 aliphatic heterocycles. The van der Waals surface area contributed by atoms with Crippen molar-refractivity contribution in [3.05, 3.63) is 70.8 Å². The van der Waals surface area contributed by atoms with Crippen molar-refractivity contribution in [3.63, 3.8) is 0 Å². The van der Waals surface area contributed by atoms with Crippen LogP contribution in [-0.2, 0) is 0 Å². The van der Waals surface area contributed by atoms with Crippen molar-refractivity contribution < 1.29 is 0 Å². The van der Waals surface area contributed by atoms with Crippen LogP contribution in [0.1, 0.15) is 89.5 Å². The largest absolute Gasteiger partial charge is 0.113 e. The predicted molar refractivity (Wildman–Crippen MR) is 141 cm³/mol. The summed E-state index contributed by atoms with van der Waals surface area (Å²) in [5, 5.41) is 3.25. The average molecular weight is 429 g/mol. The number of benzene rings is 2. The van der Waals surface area contributed by atoms with Gasteiger partial charge >= 0.3 is 0 Å². The van der Waals surface area contributed by atoms with Crippen LogP contribution in [0, 0.1) is 10.8 Å². The lowest BCUT2D eigenvalue weighted by molar-refractivity contribution is 0.567. The van der Waals surface area contributed by atoms with E-state index in [4.69, 9.17) is 0 Å². The first-order valence-electron chi connectivity index (χ1n) is 12.0. The molecule has 0 saturated carbocycles. The average Bonchev–Trinajstić information content (AvgIpc) is 3.19. The van der Waals surface area contributed by atoms with Gasteiger partial charge in [0.1, 0.15) is 8.07 Å². The van der Waals surface area contributed by atoms with Gasteiger partial charge in [-0.15, -0.1) is 0 Å². The van der Waals surface area contributed by atoms with Crippen molar-refractivity contribution in [2.45, 2.75) is 80.3 Å². The summed E-state index contributed by atoms with van der Waals surface area (Å²) in [6.45, 7) is 24.0. The van der Waals surface area contributed by atoms with E-state index in [1.807, 2.05) is 0 Å². The minimum absolute atomic E-state index is 0.178. The number of rotatable bonds is 2. The normalized spacial score (nSPS) is 21.0. The van der Waals surface area contributed by atoms with Gasteiger partial charge in [0.15, 0.2) is 0 Å². The Hall–Kier alpha value is -1.86. The van der Waals surface area contributed by atoms with Gasteiger partial charge in [0.25, 0.3) is 0 Å². The molecule has 0 radical (unpaired) electrons. The highest BCUT2D eigenvalue weighted by Crippen LogP contribution is 2.46. The van der Waals surface area contributed by atoms with Crippen LogP contribution in [0.5, 0.6) is 0 Å². The Morgan fingerprint density at radius 2 is 0.968 bits per heavy atom. The van der Waals surface area contributed by atoms with Gasteiger partial charge < -0.3 is 0 Å². The summed E-state index contributed by atoms with van der Waals surface area (Å²) in [7, 11) is -1.90. The van der Waals surface area contributed by atoms with Crippen LogP contribution in [0.4, 0.5) is 0 Å². The fourth-order valence-electron chi connectivity index (χ4n) is 5.97. The van der Waals surface area contributed by atoms with Crippen LogP contribution in [0.2, 0.25) is 13.1 Å². The lowest BCUT2D eigenvalue weighted by Crippen LogP contribution is -2.56. The summed E-state index contributed by atoms with van der Waals surface area (Å²) in [4.78, 5) is 0. The minimum Gasteiger partial charge on any atom is -0.0729 e. The molecule has 0 nitrogen and oxygen atoms in total. The summed E-state index contributed by atoms with van der Waals surface area (Å²) < 4.78 is 0. The molecule has 0 heterocycles. The molecule has 0 amide bonds. The highest BCUT2D eigenvalue weighted by molar-refractivity contribution is 7.01. The lowest BCUT2D eigenvalue weighted by Gasteiger charge is -2.32. The molecule has 2 aromatic carbocycles. The van der Waals surface area contributed by atoms with E-state index < -0.39 is 8.07 Å². The highest BCUT2D eigenvalue weighted by Gasteiger charge is 2.39. The molecular weight excluding hydrogens is 388 g/mol. The Morgan fingerprint density at radius 1 is 0.613 bits per heavy atom. The van der Waals surface area contributed by atoms with Gasteiger partial charge in [-0.3, -0.25) is 0 Å². The van der Waals surface area contributed by atoms with Crippen molar-refractivity contribution in [1.29, 1.82) is 0 Å². The Bertz CT molecular complexity index is 1010. The van der Waals surface area contributed by atoms with E-state index in [9.17, 15) is 0 Å². The molecule has 31 heavy (non-hydrogen) atoms. The summed E-state index contributed by atoms with van der Waals surface area (Å²) in [5.41, 5.74) is 9.57. The molecule has 2 aliphatic carbocycles. The first-order valence-corrected chi connectivity index (χ1v) is 15.0. The Morgan fingerprint density at radius 3 is 1.29 bits per heavy atom. The third-order valence-corrected chi connectivity index (χ3v) is 11.1. The molecule has 2 aromatic rings. The molecule has 0 N–H and O–H groups in total. The van der Waals surface area contributed by atoms with Crippen LogP contribution < -0.4 is 10.4 Å². The molecule has 1 heteroatoms. The zero-order valence-electron chi connectivity index (χ0n) is 21.3. The third kappa shape index (κ3) is 3.50. The molecule has 2 unspecified atom stereocenters. The van der Waals surface area contributed by atoms with Gasteiger partial charge in [0, 0.05) is 11.8 Å². The van der Waals surface area contributed by atoms with Crippen LogP contribution in [0.3, 0.4) is 0 Å². The molecule has 2 aliphatic rings. The second-order valence-electron chi connectivity index (χ2n) is 12.4. The molecule has 0 bridgehead atoms. The molecule has 2 atom stereocenters. The molecule has 164 valence electrons. The second-order valence-corrected chi connectivity index (χ2v) is 16.7. The van der Waals surface area contributed by atoms with E-state index in [1.165, 1.54) is 22.3 Å². The van der Waals surface area contributed by atoms with Gasteiger partial charge in [-0.25, -0.2) is 0 Å². The van der Waals surface area contributed by atoms with Crippen molar-refractivity contribution >= 4 is 29.6 Å². The van der Waals surface area contributed by atoms with Crippen LogP contribution in [-0.4, -0.2) is 8.07 Å². The smallest absolute Gasteiger partial charge is 0.0729 e. The Labute approximate surface area is 191 Å². The summed E-state index contributed by atoms with van der Waals surface area (Å²) in [6, 6.07) is 14.2. The molecule has 4 rings (SSSR count). The van der Waals surface area contributed by atoms with E-state index in [0.717, 1.165) is 0 Å². The monoisotopic (exact) mass is 428 g/mol. The lowest BCUT2D eigenvalue weighted by atomic mass is 9.83. The second kappa shape index (κ2) is 7.07. The molecule has 0 fully saturated rings. The molecule has 0 aromatic heterocycles. The van der Waals surface area contributed by atoms with Crippen molar-refractivity contribution in [2.75, 3.05) is 0 Å². The van der Waals surface area contributed by atoms with Gasteiger partial charge in [-0.1, -0.05) is 127 Å². The maximum Gasteiger partial charge on any atom is 0.113 e. The number of hydrogen-bond donors (Lipinski definition) is 0. The number of allylic oxidation sites excluding steroid dienone is 4. The van der Waals surface area contributed by atoms with Crippen LogP contribution in [0.15, 0.2) is 48.6 Å². The van der Waals surface area contributed by atoms with Gasteiger partial charge in [-0.2, -0.15) is 0 Å². The van der Waals surface area contributed by atoms with Gasteiger partial charge in [0.05, 0.1) is 0 Å². The maximum atomic E-state index is 2.57. The van der Waals surface area contributed by atoms with Crippen molar-refractivity contribution in [2.24, 2.45) is 10.8 Å². The summed E-state index contributed by atoms with van der Waals surface area (Å²) in [6.07, 6.45) is 5.05. The first kappa shape index (κ1) is 22.3. The van der Waals surface area contributed by atoms with E-state index >= 15 is 0 Å². The van der Waals surface area contributed by atoms with Crippen molar-refractivity contribution in [3.8, 4) is 0 Å². The van der Waals surface area contributed by atoms with Gasteiger partial charge in [0.2, 0.25) is 0 Å². The fraction of sp³-hybridized carbons (Fsp3) is 0.467. The Balaban J connectivity index is 1.89. The summed E-state index contributed by atoms with van der Waals surface area (Å²) in [5.74, 6) is 0.981. The van der Waals surface area contributed by atoms with Crippen LogP contribution in [0.25, 0.3) is 11.1 Å². The predicted octanol–water partition coefficient (Wildman–Crippen LogP) is 7.60. The fourth-order valence-corrected chi connectivity index (χ4v) is 9.36. The molecule has 0 spiro atoms. The standard InChI is InChI=1S/C30H40Si/c1-19-17-23(29(3,4)5)21-13-11-15-25(27(19)21)31(9,10)26-16-12-14-22-24(30(6,7)8)18-20(2)28(22)26/h11-20H,1-10H3. The molecule has 0 saturated heterocycles. The summed E-state index contributed by atoms with van der Waals surface area (Å²) >= 11 is 0. The van der Waals surface area contributed by atoms with E-state index in [-0.39, 0.29) is 10.8 Å². The minimum atomic E-state index is -1.90. The quantitative estimate of drug-likeness (QED) is 0.432. The van der Waals surface area contributed by atoms with E-state index in [2.05, 4.69) is 117 Å². The highest BCUT2D eigenvalue weighted by atomic mass is 28.3. The number of hydrogen-bond acceptors (Lipinski definition) is 0. The third-order valence-electron chi connectivity index (χ3n) is 7.50. The van der Waals surface area contributed by atoms with Crippen molar-refractivity contribution in [1.82, 2.24) is 0 Å². The van der Waals surface area contributed by atoms with Gasteiger partial charge in [-0.05, 0) is 44.2 Å². The van der Waals surface area contributed by atoms with E-state index in [1.54, 1.807) is 21.5 Å². The van der Waals surface area contributed by atoms with E-state index in [0.29, 0.717) is 11.8 Å². The molecular formula is C30H40Si. The SMILES string of the molecule is CC1C=C(C(C)(C)C)c2cccc([Si](C)(C)c3cccc4c3C(C)C=C4C(C)(C)C)c21. The Kier molecular flexibility index (Phi) is 5.09. The maximum absolute atomic E-state index is 2.57. The first-order chi connectivity index (χ1) is 14.2.